The predicted octanol–water partition coefficient (Wildman–Crippen LogP) is -3.75. The van der Waals surface area contributed by atoms with Gasteiger partial charge in [0.2, 0.25) is 0 Å². The van der Waals surface area contributed by atoms with Crippen LogP contribution in [0, 0.1) is 0 Å². The SMILES string of the molecule is CCCC(O)CC1OC(COCC2OC(CO)C(O)C(O)C2O)C(O)C(O)C1O. The Bertz CT molecular complexity index is 479. The molecule has 0 aromatic rings. The van der Waals surface area contributed by atoms with Crippen molar-refractivity contribution in [2.75, 3.05) is 19.8 Å². The third kappa shape index (κ3) is 6.05. The highest BCUT2D eigenvalue weighted by Gasteiger charge is 2.45. The summed E-state index contributed by atoms with van der Waals surface area (Å²) in [5, 5.41) is 79.0. The topological polar surface area (TPSA) is 190 Å². The lowest BCUT2D eigenvalue weighted by atomic mass is 9.91. The van der Waals surface area contributed by atoms with Gasteiger partial charge in [-0.15, -0.1) is 0 Å². The van der Waals surface area contributed by atoms with Crippen LogP contribution in [0.2, 0.25) is 0 Å². The molecule has 2 aliphatic rings. The Balaban J connectivity index is 1.89. The van der Waals surface area contributed by atoms with Crippen molar-refractivity contribution in [1.82, 2.24) is 0 Å². The molecule has 8 N–H and O–H groups in total. The molecule has 11 heteroatoms. The second-order valence-corrected chi connectivity index (χ2v) is 7.77. The molecule has 2 fully saturated rings. The smallest absolute Gasteiger partial charge is 0.111 e. The monoisotopic (exact) mass is 426 g/mol. The van der Waals surface area contributed by atoms with Crippen molar-refractivity contribution in [2.45, 2.75) is 93.3 Å². The lowest BCUT2D eigenvalue weighted by Gasteiger charge is -2.42. The molecule has 0 amide bonds. The van der Waals surface area contributed by atoms with E-state index in [0.717, 1.165) is 6.42 Å². The number of aliphatic hydroxyl groups excluding tert-OH is 8. The molecule has 2 saturated heterocycles. The molecule has 0 bridgehead atoms. The molecule has 11 nitrogen and oxygen atoms in total. The molecule has 0 aromatic carbocycles. The van der Waals surface area contributed by atoms with E-state index in [0.29, 0.717) is 6.42 Å². The summed E-state index contributed by atoms with van der Waals surface area (Å²) in [6.45, 7) is 0.879. The predicted molar refractivity (Wildman–Crippen MR) is 96.8 cm³/mol. The number of rotatable bonds is 9. The summed E-state index contributed by atoms with van der Waals surface area (Å²) in [5.41, 5.74) is 0. The molecule has 2 heterocycles. The minimum atomic E-state index is -1.52. The van der Waals surface area contributed by atoms with Crippen LogP contribution in [0.5, 0.6) is 0 Å². The number of aliphatic hydroxyl groups is 8. The van der Waals surface area contributed by atoms with Gasteiger partial charge in [0.05, 0.1) is 32.0 Å². The second kappa shape index (κ2) is 11.3. The highest BCUT2D eigenvalue weighted by Crippen LogP contribution is 2.26. The third-order valence-electron chi connectivity index (χ3n) is 5.49. The fourth-order valence-electron chi connectivity index (χ4n) is 3.70. The first-order valence-corrected chi connectivity index (χ1v) is 9.97. The molecule has 2 aliphatic heterocycles. The van der Waals surface area contributed by atoms with E-state index < -0.39 is 73.8 Å². The summed E-state index contributed by atoms with van der Waals surface area (Å²) in [4.78, 5) is 0. The van der Waals surface area contributed by atoms with Gasteiger partial charge in [0.1, 0.15) is 54.9 Å². The molecule has 29 heavy (non-hydrogen) atoms. The maximum atomic E-state index is 10.1. The van der Waals surface area contributed by atoms with Gasteiger partial charge in [-0.3, -0.25) is 0 Å². The third-order valence-corrected chi connectivity index (χ3v) is 5.49. The van der Waals surface area contributed by atoms with Crippen LogP contribution in [0.1, 0.15) is 26.2 Å². The van der Waals surface area contributed by atoms with Crippen LogP contribution < -0.4 is 0 Å². The van der Waals surface area contributed by atoms with E-state index in [4.69, 9.17) is 14.2 Å². The molecular formula is C18H34O11. The number of ether oxygens (including phenoxy) is 3. The molecule has 172 valence electrons. The van der Waals surface area contributed by atoms with E-state index >= 15 is 0 Å². The van der Waals surface area contributed by atoms with Gasteiger partial charge in [-0.1, -0.05) is 13.3 Å². The molecule has 11 atom stereocenters. The first-order chi connectivity index (χ1) is 13.7. The quantitative estimate of drug-likeness (QED) is 0.181. The maximum Gasteiger partial charge on any atom is 0.111 e. The normalized spacial score (nSPS) is 44.6. The van der Waals surface area contributed by atoms with Crippen molar-refractivity contribution >= 4 is 0 Å². The molecule has 0 saturated carbocycles. The first-order valence-electron chi connectivity index (χ1n) is 9.97. The average molecular weight is 426 g/mol. The summed E-state index contributed by atoms with van der Waals surface area (Å²) in [6, 6.07) is 0. The summed E-state index contributed by atoms with van der Waals surface area (Å²) in [5.74, 6) is 0. The van der Waals surface area contributed by atoms with Gasteiger partial charge >= 0.3 is 0 Å². The van der Waals surface area contributed by atoms with Crippen LogP contribution >= 0.6 is 0 Å². The molecule has 2 rings (SSSR count). The van der Waals surface area contributed by atoms with E-state index in [1.807, 2.05) is 6.92 Å². The van der Waals surface area contributed by atoms with E-state index in [9.17, 15) is 40.9 Å². The van der Waals surface area contributed by atoms with Gasteiger partial charge in [-0.2, -0.15) is 0 Å². The van der Waals surface area contributed by atoms with Gasteiger partial charge in [0.15, 0.2) is 0 Å². The Morgan fingerprint density at radius 1 is 0.724 bits per heavy atom. The Hall–Kier alpha value is -0.440. The lowest BCUT2D eigenvalue weighted by molar-refractivity contribution is -0.253. The van der Waals surface area contributed by atoms with E-state index in [-0.39, 0.29) is 19.6 Å². The summed E-state index contributed by atoms with van der Waals surface area (Å²) in [7, 11) is 0. The van der Waals surface area contributed by atoms with Crippen LogP contribution in [0.15, 0.2) is 0 Å². The van der Waals surface area contributed by atoms with Crippen LogP contribution in [0.3, 0.4) is 0 Å². The molecule has 0 radical (unpaired) electrons. The molecule has 0 aromatic heterocycles. The van der Waals surface area contributed by atoms with Gasteiger partial charge in [0.25, 0.3) is 0 Å². The first kappa shape index (κ1) is 24.8. The Morgan fingerprint density at radius 2 is 1.17 bits per heavy atom. The summed E-state index contributed by atoms with van der Waals surface area (Å²) < 4.78 is 16.4. The summed E-state index contributed by atoms with van der Waals surface area (Å²) >= 11 is 0. The van der Waals surface area contributed by atoms with Crippen LogP contribution in [-0.2, 0) is 14.2 Å². The van der Waals surface area contributed by atoms with Gasteiger partial charge in [0, 0.05) is 6.42 Å². The minimum absolute atomic E-state index is 0.0853. The van der Waals surface area contributed by atoms with Gasteiger partial charge < -0.3 is 55.1 Å². The highest BCUT2D eigenvalue weighted by molar-refractivity contribution is 4.94. The van der Waals surface area contributed by atoms with Crippen molar-refractivity contribution in [2.24, 2.45) is 0 Å². The molecule has 0 aliphatic carbocycles. The number of hydrogen-bond acceptors (Lipinski definition) is 11. The standard InChI is InChI=1S/C18H34O11/c1-2-3-8(20)4-9-13(21)17(25)15(23)11(28-9)6-27-7-12-16(24)18(26)14(22)10(5-19)29-12/h8-26H,2-7H2,1H3. The largest absolute Gasteiger partial charge is 0.394 e. The Labute approximate surface area is 169 Å². The van der Waals surface area contributed by atoms with E-state index in [2.05, 4.69) is 0 Å². The van der Waals surface area contributed by atoms with Crippen molar-refractivity contribution in [3.63, 3.8) is 0 Å². The Kier molecular flexibility index (Phi) is 9.64. The summed E-state index contributed by atoms with van der Waals surface area (Å²) in [6.07, 6.45) is -12.1. The fraction of sp³-hybridized carbons (Fsp3) is 1.00. The second-order valence-electron chi connectivity index (χ2n) is 7.77. The van der Waals surface area contributed by atoms with Crippen molar-refractivity contribution in [1.29, 1.82) is 0 Å². The van der Waals surface area contributed by atoms with E-state index in [1.54, 1.807) is 0 Å². The molecule has 0 spiro atoms. The Morgan fingerprint density at radius 3 is 1.66 bits per heavy atom. The lowest BCUT2D eigenvalue weighted by Crippen LogP contribution is -2.60. The van der Waals surface area contributed by atoms with Crippen molar-refractivity contribution in [3.8, 4) is 0 Å². The fourth-order valence-corrected chi connectivity index (χ4v) is 3.70. The zero-order chi connectivity index (χ0) is 21.7. The molecular weight excluding hydrogens is 392 g/mol. The van der Waals surface area contributed by atoms with E-state index in [1.165, 1.54) is 0 Å². The zero-order valence-corrected chi connectivity index (χ0v) is 16.4. The molecule has 11 unspecified atom stereocenters. The highest BCUT2D eigenvalue weighted by atomic mass is 16.6. The minimum Gasteiger partial charge on any atom is -0.394 e. The van der Waals surface area contributed by atoms with Gasteiger partial charge in [-0.25, -0.2) is 0 Å². The average Bonchev–Trinajstić information content (AvgIpc) is 2.69. The van der Waals surface area contributed by atoms with Crippen LogP contribution in [0.4, 0.5) is 0 Å². The van der Waals surface area contributed by atoms with Crippen LogP contribution in [-0.4, -0.2) is 128 Å². The number of hydrogen-bond donors (Lipinski definition) is 8. The van der Waals surface area contributed by atoms with Crippen LogP contribution in [0.25, 0.3) is 0 Å². The van der Waals surface area contributed by atoms with Crippen molar-refractivity contribution < 1.29 is 55.1 Å². The zero-order valence-electron chi connectivity index (χ0n) is 16.4. The van der Waals surface area contributed by atoms with Crippen molar-refractivity contribution in [3.05, 3.63) is 0 Å². The van der Waals surface area contributed by atoms with Gasteiger partial charge in [-0.05, 0) is 6.42 Å². The maximum absolute atomic E-state index is 10.1.